The van der Waals surface area contributed by atoms with Crippen LogP contribution in [0.25, 0.3) is 0 Å². The summed E-state index contributed by atoms with van der Waals surface area (Å²) in [6.07, 6.45) is 7.88. The minimum atomic E-state index is -0.212. The molecular formula is C17H22FNOS. The molecule has 0 radical (unpaired) electrons. The normalized spacial score (nSPS) is 18.9. The maximum absolute atomic E-state index is 12.8. The Morgan fingerprint density at radius 1 is 1.10 bits per heavy atom. The van der Waals surface area contributed by atoms with Gasteiger partial charge < -0.3 is 4.90 Å². The molecule has 21 heavy (non-hydrogen) atoms. The number of rotatable bonds is 6. The van der Waals surface area contributed by atoms with Gasteiger partial charge in [-0.05, 0) is 49.9 Å². The third-order valence-electron chi connectivity index (χ3n) is 4.34. The molecule has 0 saturated heterocycles. The van der Waals surface area contributed by atoms with Gasteiger partial charge in [-0.3, -0.25) is 4.79 Å². The highest BCUT2D eigenvalue weighted by atomic mass is 32.2. The molecule has 2 aliphatic rings. The fourth-order valence-electron chi connectivity index (χ4n) is 3.16. The number of carbonyl (C=O) groups is 1. The first-order chi connectivity index (χ1) is 10.2. The Kier molecular flexibility index (Phi) is 4.84. The van der Waals surface area contributed by atoms with Crippen molar-refractivity contribution in [2.45, 2.75) is 61.9 Å². The van der Waals surface area contributed by atoms with E-state index in [-0.39, 0.29) is 5.82 Å². The highest BCUT2D eigenvalue weighted by Crippen LogP contribution is 2.35. The van der Waals surface area contributed by atoms with Gasteiger partial charge in [-0.1, -0.05) is 12.8 Å². The van der Waals surface area contributed by atoms with Gasteiger partial charge in [-0.25, -0.2) is 4.39 Å². The van der Waals surface area contributed by atoms with Crippen LogP contribution in [-0.4, -0.2) is 28.6 Å². The molecule has 114 valence electrons. The number of halogens is 1. The van der Waals surface area contributed by atoms with Crippen molar-refractivity contribution < 1.29 is 9.18 Å². The van der Waals surface area contributed by atoms with Crippen LogP contribution in [0.3, 0.4) is 0 Å². The second-order valence-corrected chi connectivity index (χ2v) is 7.19. The summed E-state index contributed by atoms with van der Waals surface area (Å²) in [5.41, 5.74) is 0. The van der Waals surface area contributed by atoms with Gasteiger partial charge in [0.15, 0.2) is 0 Å². The van der Waals surface area contributed by atoms with Gasteiger partial charge in [0, 0.05) is 29.2 Å². The summed E-state index contributed by atoms with van der Waals surface area (Å²) in [4.78, 5) is 15.7. The van der Waals surface area contributed by atoms with Crippen LogP contribution in [0.15, 0.2) is 29.2 Å². The predicted molar refractivity (Wildman–Crippen MR) is 83.9 cm³/mol. The lowest BCUT2D eigenvalue weighted by atomic mass is 10.2. The van der Waals surface area contributed by atoms with Crippen molar-refractivity contribution in [3.05, 3.63) is 30.1 Å². The molecule has 3 rings (SSSR count). The van der Waals surface area contributed by atoms with Crippen LogP contribution in [-0.2, 0) is 4.79 Å². The number of thioether (sulfide) groups is 1. The van der Waals surface area contributed by atoms with E-state index in [2.05, 4.69) is 4.90 Å². The molecule has 4 heteroatoms. The average Bonchev–Trinajstić information content (AvgIpc) is 3.16. The van der Waals surface area contributed by atoms with E-state index in [1.54, 1.807) is 23.9 Å². The Hall–Kier alpha value is -1.03. The predicted octanol–water partition coefficient (Wildman–Crippen LogP) is 4.24. The zero-order valence-corrected chi connectivity index (χ0v) is 13.1. The Labute approximate surface area is 130 Å². The van der Waals surface area contributed by atoms with E-state index in [1.165, 1.54) is 50.7 Å². The first-order valence-electron chi connectivity index (χ1n) is 7.93. The number of benzene rings is 1. The molecule has 0 bridgehead atoms. The SMILES string of the molecule is O=C(CCSc1ccc(F)cc1)N(C1CCCC1)C1CC1. The van der Waals surface area contributed by atoms with E-state index >= 15 is 0 Å². The lowest BCUT2D eigenvalue weighted by Gasteiger charge is -2.29. The Bertz CT molecular complexity index is 480. The van der Waals surface area contributed by atoms with Crippen molar-refractivity contribution in [2.75, 3.05) is 5.75 Å². The van der Waals surface area contributed by atoms with Gasteiger partial charge in [-0.2, -0.15) is 0 Å². The minimum absolute atomic E-state index is 0.212. The highest BCUT2D eigenvalue weighted by molar-refractivity contribution is 7.99. The van der Waals surface area contributed by atoms with Crippen LogP contribution in [0.4, 0.5) is 4.39 Å². The maximum Gasteiger partial charge on any atom is 0.223 e. The zero-order valence-electron chi connectivity index (χ0n) is 12.3. The first kappa shape index (κ1) is 14.9. The molecule has 0 spiro atoms. The summed E-state index contributed by atoms with van der Waals surface area (Å²) < 4.78 is 12.8. The maximum atomic E-state index is 12.8. The van der Waals surface area contributed by atoms with Crippen molar-refractivity contribution in [3.63, 3.8) is 0 Å². The summed E-state index contributed by atoms with van der Waals surface area (Å²) >= 11 is 1.64. The van der Waals surface area contributed by atoms with Crippen LogP contribution >= 0.6 is 11.8 Å². The lowest BCUT2D eigenvalue weighted by Crippen LogP contribution is -2.40. The van der Waals surface area contributed by atoms with E-state index in [9.17, 15) is 9.18 Å². The molecule has 1 aromatic carbocycles. The fourth-order valence-corrected chi connectivity index (χ4v) is 4.00. The van der Waals surface area contributed by atoms with Crippen LogP contribution < -0.4 is 0 Å². The van der Waals surface area contributed by atoms with E-state index in [4.69, 9.17) is 0 Å². The Balaban J connectivity index is 1.49. The third-order valence-corrected chi connectivity index (χ3v) is 5.36. The molecule has 0 aromatic heterocycles. The van der Waals surface area contributed by atoms with Crippen LogP contribution in [0, 0.1) is 5.82 Å². The summed E-state index contributed by atoms with van der Waals surface area (Å²) in [5, 5.41) is 0. The second kappa shape index (κ2) is 6.82. The van der Waals surface area contributed by atoms with Crippen molar-refractivity contribution in [3.8, 4) is 0 Å². The molecule has 2 aliphatic carbocycles. The molecule has 1 aromatic rings. The Morgan fingerprint density at radius 2 is 1.71 bits per heavy atom. The van der Waals surface area contributed by atoms with Gasteiger partial charge in [0.05, 0.1) is 0 Å². The average molecular weight is 307 g/mol. The number of hydrogen-bond acceptors (Lipinski definition) is 2. The number of carbonyl (C=O) groups excluding carboxylic acids is 1. The fraction of sp³-hybridized carbons (Fsp3) is 0.588. The van der Waals surface area contributed by atoms with E-state index in [1.807, 2.05) is 0 Å². The largest absolute Gasteiger partial charge is 0.337 e. The van der Waals surface area contributed by atoms with Gasteiger partial charge in [0.25, 0.3) is 0 Å². The molecule has 2 fully saturated rings. The monoisotopic (exact) mass is 307 g/mol. The second-order valence-electron chi connectivity index (χ2n) is 6.02. The summed E-state index contributed by atoms with van der Waals surface area (Å²) in [7, 11) is 0. The van der Waals surface area contributed by atoms with Crippen molar-refractivity contribution >= 4 is 17.7 Å². The standard InChI is InChI=1S/C17H22FNOS/c18-13-5-9-16(10-6-13)21-12-11-17(20)19(15-7-8-15)14-3-1-2-4-14/h5-6,9-10,14-15H,1-4,7-8,11-12H2. The molecule has 0 N–H and O–H groups in total. The van der Waals surface area contributed by atoms with Gasteiger partial charge >= 0.3 is 0 Å². The zero-order chi connectivity index (χ0) is 14.7. The molecule has 0 atom stereocenters. The van der Waals surface area contributed by atoms with Gasteiger partial charge in [0.1, 0.15) is 5.82 Å². The molecule has 0 aliphatic heterocycles. The van der Waals surface area contributed by atoms with Crippen LogP contribution in [0.2, 0.25) is 0 Å². The minimum Gasteiger partial charge on any atom is -0.337 e. The number of amides is 1. The van der Waals surface area contributed by atoms with Crippen molar-refractivity contribution in [1.82, 2.24) is 4.90 Å². The van der Waals surface area contributed by atoms with Crippen LogP contribution in [0.5, 0.6) is 0 Å². The Morgan fingerprint density at radius 3 is 2.33 bits per heavy atom. The molecule has 2 nitrogen and oxygen atoms in total. The molecule has 0 unspecified atom stereocenters. The van der Waals surface area contributed by atoms with Crippen molar-refractivity contribution in [2.24, 2.45) is 0 Å². The molecule has 2 saturated carbocycles. The summed E-state index contributed by atoms with van der Waals surface area (Å²) in [5.74, 6) is 0.885. The summed E-state index contributed by atoms with van der Waals surface area (Å²) in [6.45, 7) is 0. The molecular weight excluding hydrogens is 285 g/mol. The number of hydrogen-bond donors (Lipinski definition) is 0. The van der Waals surface area contributed by atoms with Gasteiger partial charge in [0.2, 0.25) is 5.91 Å². The van der Waals surface area contributed by atoms with Crippen molar-refractivity contribution in [1.29, 1.82) is 0 Å². The van der Waals surface area contributed by atoms with E-state index < -0.39 is 0 Å². The van der Waals surface area contributed by atoms with E-state index in [0.717, 1.165) is 10.6 Å². The first-order valence-corrected chi connectivity index (χ1v) is 8.92. The number of nitrogens with zero attached hydrogens (tertiary/aromatic N) is 1. The van der Waals surface area contributed by atoms with Gasteiger partial charge in [-0.15, -0.1) is 11.8 Å². The quantitative estimate of drug-likeness (QED) is 0.733. The third kappa shape index (κ3) is 4.00. The highest BCUT2D eigenvalue weighted by Gasteiger charge is 2.37. The lowest BCUT2D eigenvalue weighted by molar-refractivity contribution is -0.133. The van der Waals surface area contributed by atoms with E-state index in [0.29, 0.717) is 24.4 Å². The topological polar surface area (TPSA) is 20.3 Å². The molecule has 1 amide bonds. The summed E-state index contributed by atoms with van der Waals surface area (Å²) in [6, 6.07) is 7.52. The smallest absolute Gasteiger partial charge is 0.223 e. The van der Waals surface area contributed by atoms with Crippen LogP contribution in [0.1, 0.15) is 44.9 Å². The molecule has 0 heterocycles.